The third-order valence-electron chi connectivity index (χ3n) is 4.46. The van der Waals surface area contributed by atoms with Crippen LogP contribution in [0.5, 0.6) is 0 Å². The maximum atomic E-state index is 4.76. The van der Waals surface area contributed by atoms with Crippen LogP contribution < -0.4 is 10.2 Å². The van der Waals surface area contributed by atoms with Gasteiger partial charge in [-0.1, -0.05) is 6.07 Å². The predicted octanol–water partition coefficient (Wildman–Crippen LogP) is 3.77. The Morgan fingerprint density at radius 3 is 3.08 bits per heavy atom. The van der Waals surface area contributed by atoms with Gasteiger partial charge in [-0.3, -0.25) is 0 Å². The van der Waals surface area contributed by atoms with Gasteiger partial charge in [0.25, 0.3) is 0 Å². The maximum absolute atomic E-state index is 4.76. The Kier molecular flexibility index (Phi) is 5.05. The van der Waals surface area contributed by atoms with Gasteiger partial charge in [0.2, 0.25) is 0 Å². The molecule has 0 unspecified atom stereocenters. The fraction of sp³-hybridized carbons (Fsp3) is 0.389. The minimum Gasteiger partial charge on any atom is -0.354 e. The van der Waals surface area contributed by atoms with Gasteiger partial charge in [0.05, 0.1) is 22.8 Å². The van der Waals surface area contributed by atoms with E-state index in [4.69, 9.17) is 4.98 Å². The van der Waals surface area contributed by atoms with Gasteiger partial charge in [0.15, 0.2) is 0 Å². The number of thiophene rings is 1. The highest BCUT2D eigenvalue weighted by molar-refractivity contribution is 7.20. The van der Waals surface area contributed by atoms with Crippen LogP contribution in [0.25, 0.3) is 9.88 Å². The Bertz CT molecular complexity index is 809. The molecule has 1 aliphatic heterocycles. The lowest BCUT2D eigenvalue weighted by Crippen LogP contribution is -2.29. The van der Waals surface area contributed by atoms with Crippen LogP contribution in [0.4, 0.5) is 5.82 Å². The summed E-state index contributed by atoms with van der Waals surface area (Å²) in [4.78, 5) is 17.1. The highest BCUT2D eigenvalue weighted by atomic mass is 32.1. The number of rotatable bonds is 5. The highest BCUT2D eigenvalue weighted by Crippen LogP contribution is 2.29. The van der Waals surface area contributed by atoms with Crippen molar-refractivity contribution in [3.63, 3.8) is 0 Å². The van der Waals surface area contributed by atoms with E-state index < -0.39 is 0 Å². The standard InChI is InChI=1S/C18H21N5S2/c1-23(10-14-11-25-18(22-14)16-5-3-7-24-16)17-8-15(20-12-21-17)13-4-2-6-19-9-13/h3,5,7-8,11-13,19H,2,4,6,9-10H2,1H3/t13-/m1/s1. The first-order chi connectivity index (χ1) is 12.3. The SMILES string of the molecule is CN(Cc1csc(-c2cccs2)n1)c1cc([C@@H]2CCCNC2)ncn1. The lowest BCUT2D eigenvalue weighted by Gasteiger charge is -2.23. The Morgan fingerprint density at radius 2 is 2.28 bits per heavy atom. The van der Waals surface area contributed by atoms with Gasteiger partial charge >= 0.3 is 0 Å². The number of anilines is 1. The molecule has 1 atom stereocenters. The summed E-state index contributed by atoms with van der Waals surface area (Å²) in [7, 11) is 2.06. The number of hydrogen-bond donors (Lipinski definition) is 1. The molecule has 4 heterocycles. The van der Waals surface area contributed by atoms with Crippen molar-refractivity contribution < 1.29 is 0 Å². The van der Waals surface area contributed by atoms with E-state index in [1.54, 1.807) is 29.0 Å². The molecule has 7 heteroatoms. The van der Waals surface area contributed by atoms with E-state index in [9.17, 15) is 0 Å². The molecular formula is C18H21N5S2. The van der Waals surface area contributed by atoms with Crippen molar-refractivity contribution in [1.29, 1.82) is 0 Å². The van der Waals surface area contributed by atoms with E-state index in [1.807, 2.05) is 0 Å². The second-order valence-electron chi connectivity index (χ2n) is 6.32. The number of aromatic nitrogens is 3. The van der Waals surface area contributed by atoms with Gasteiger partial charge in [-0.2, -0.15) is 0 Å². The average Bonchev–Trinajstić information content (AvgIpc) is 3.34. The zero-order chi connectivity index (χ0) is 17.1. The summed E-state index contributed by atoms with van der Waals surface area (Å²) >= 11 is 3.43. The summed E-state index contributed by atoms with van der Waals surface area (Å²) in [6, 6.07) is 6.31. The summed E-state index contributed by atoms with van der Waals surface area (Å²) in [5, 5.41) is 8.77. The molecule has 4 rings (SSSR count). The zero-order valence-electron chi connectivity index (χ0n) is 14.2. The van der Waals surface area contributed by atoms with Crippen molar-refractivity contribution in [1.82, 2.24) is 20.3 Å². The predicted molar refractivity (Wildman–Crippen MR) is 104 cm³/mol. The van der Waals surface area contributed by atoms with Crippen molar-refractivity contribution in [2.24, 2.45) is 0 Å². The number of nitrogens with one attached hydrogen (secondary N) is 1. The molecule has 130 valence electrons. The molecule has 0 aliphatic carbocycles. The first-order valence-electron chi connectivity index (χ1n) is 8.51. The highest BCUT2D eigenvalue weighted by Gasteiger charge is 2.18. The number of thiazole rings is 1. The molecular weight excluding hydrogens is 350 g/mol. The fourth-order valence-electron chi connectivity index (χ4n) is 3.11. The Labute approximate surface area is 155 Å². The number of hydrogen-bond acceptors (Lipinski definition) is 7. The average molecular weight is 372 g/mol. The van der Waals surface area contributed by atoms with Crippen molar-refractivity contribution in [3.8, 4) is 9.88 Å². The number of nitrogens with zero attached hydrogens (tertiary/aromatic N) is 4. The fourth-order valence-corrected chi connectivity index (χ4v) is 4.74. The van der Waals surface area contributed by atoms with Gasteiger partial charge in [0.1, 0.15) is 17.2 Å². The third-order valence-corrected chi connectivity index (χ3v) is 6.39. The minimum absolute atomic E-state index is 0.494. The molecule has 0 amide bonds. The second kappa shape index (κ2) is 7.59. The van der Waals surface area contributed by atoms with Crippen molar-refractivity contribution in [2.75, 3.05) is 25.0 Å². The zero-order valence-corrected chi connectivity index (χ0v) is 15.8. The number of piperidine rings is 1. The Morgan fingerprint density at radius 1 is 1.32 bits per heavy atom. The molecule has 0 aromatic carbocycles. The van der Waals surface area contributed by atoms with Crippen molar-refractivity contribution in [3.05, 3.63) is 46.7 Å². The summed E-state index contributed by atoms with van der Waals surface area (Å²) in [5.41, 5.74) is 2.22. The van der Waals surface area contributed by atoms with E-state index in [0.29, 0.717) is 5.92 Å². The van der Waals surface area contributed by atoms with E-state index in [-0.39, 0.29) is 0 Å². The maximum Gasteiger partial charge on any atom is 0.133 e. The van der Waals surface area contributed by atoms with Crippen molar-refractivity contribution in [2.45, 2.75) is 25.3 Å². The monoisotopic (exact) mass is 371 g/mol. The molecule has 25 heavy (non-hydrogen) atoms. The molecule has 1 N–H and O–H groups in total. The van der Waals surface area contributed by atoms with Crippen LogP contribution >= 0.6 is 22.7 Å². The van der Waals surface area contributed by atoms with E-state index >= 15 is 0 Å². The molecule has 1 aliphatic rings. The first-order valence-corrected chi connectivity index (χ1v) is 10.3. The van der Waals surface area contributed by atoms with Crippen LogP contribution in [0.2, 0.25) is 0 Å². The molecule has 5 nitrogen and oxygen atoms in total. The summed E-state index contributed by atoms with van der Waals surface area (Å²) in [6.07, 6.45) is 4.10. The largest absolute Gasteiger partial charge is 0.354 e. The third kappa shape index (κ3) is 3.89. The van der Waals surface area contributed by atoms with Gasteiger partial charge in [-0.25, -0.2) is 15.0 Å². The topological polar surface area (TPSA) is 53.9 Å². The Hall–Kier alpha value is -1.83. The summed E-state index contributed by atoms with van der Waals surface area (Å²) in [6.45, 7) is 2.88. The van der Waals surface area contributed by atoms with Crippen molar-refractivity contribution >= 4 is 28.5 Å². The van der Waals surface area contributed by atoms with Gasteiger partial charge in [-0.05, 0) is 30.8 Å². The molecule has 1 saturated heterocycles. The van der Waals surface area contributed by atoms with Gasteiger partial charge in [-0.15, -0.1) is 22.7 Å². The molecule has 0 bridgehead atoms. The molecule has 1 fully saturated rings. The summed E-state index contributed by atoms with van der Waals surface area (Å²) < 4.78 is 0. The smallest absolute Gasteiger partial charge is 0.133 e. The lowest BCUT2D eigenvalue weighted by molar-refractivity contribution is 0.454. The van der Waals surface area contributed by atoms with Crippen LogP contribution in [0.1, 0.15) is 30.1 Å². The van der Waals surface area contributed by atoms with Crippen LogP contribution in [-0.4, -0.2) is 35.1 Å². The van der Waals surface area contributed by atoms with Crippen LogP contribution in [-0.2, 0) is 6.54 Å². The second-order valence-corrected chi connectivity index (χ2v) is 8.13. The van der Waals surface area contributed by atoms with Gasteiger partial charge < -0.3 is 10.2 Å². The normalized spacial score (nSPS) is 17.6. The van der Waals surface area contributed by atoms with Crippen LogP contribution in [0.3, 0.4) is 0 Å². The minimum atomic E-state index is 0.494. The Balaban J connectivity index is 1.46. The van der Waals surface area contributed by atoms with Crippen LogP contribution in [0, 0.1) is 0 Å². The molecule has 0 spiro atoms. The molecule has 3 aromatic rings. The molecule has 0 saturated carbocycles. The molecule has 3 aromatic heterocycles. The van der Waals surface area contributed by atoms with Crippen LogP contribution in [0.15, 0.2) is 35.3 Å². The van der Waals surface area contributed by atoms with E-state index in [2.05, 4.69) is 56.2 Å². The van der Waals surface area contributed by atoms with E-state index in [0.717, 1.165) is 41.8 Å². The first kappa shape index (κ1) is 16.6. The molecule has 0 radical (unpaired) electrons. The summed E-state index contributed by atoms with van der Waals surface area (Å²) in [5.74, 6) is 1.45. The van der Waals surface area contributed by atoms with E-state index in [1.165, 1.54) is 17.7 Å². The lowest BCUT2D eigenvalue weighted by atomic mass is 9.96. The van der Waals surface area contributed by atoms with Gasteiger partial charge in [0, 0.05) is 31.0 Å². The quantitative estimate of drug-likeness (QED) is 0.740.